The van der Waals surface area contributed by atoms with Gasteiger partial charge in [-0.25, -0.2) is 4.98 Å². The standard InChI is InChI=1S/C13H10ClFN2O2/c1-19-11-5-4-8(7-10(11)14)17-13(18)9-3-2-6-16-12(9)15/h2-7H,1H3,(H,17,18). The molecule has 1 aromatic carbocycles. The quantitative estimate of drug-likeness (QED) is 0.879. The highest BCUT2D eigenvalue weighted by Crippen LogP contribution is 2.27. The molecule has 6 heteroatoms. The molecule has 0 spiro atoms. The summed E-state index contributed by atoms with van der Waals surface area (Å²) in [4.78, 5) is 15.2. The summed E-state index contributed by atoms with van der Waals surface area (Å²) < 4.78 is 18.3. The Morgan fingerprint density at radius 2 is 2.21 bits per heavy atom. The molecule has 2 rings (SSSR count). The summed E-state index contributed by atoms with van der Waals surface area (Å²) in [7, 11) is 1.49. The van der Waals surface area contributed by atoms with E-state index in [-0.39, 0.29) is 5.56 Å². The monoisotopic (exact) mass is 280 g/mol. The number of ether oxygens (including phenoxy) is 1. The molecule has 4 nitrogen and oxygen atoms in total. The molecule has 1 heterocycles. The number of carbonyl (C=O) groups excluding carboxylic acids is 1. The average Bonchev–Trinajstić information content (AvgIpc) is 2.39. The third-order valence-corrected chi connectivity index (χ3v) is 2.71. The second-order valence-corrected chi connectivity index (χ2v) is 4.05. The number of rotatable bonds is 3. The number of aromatic nitrogens is 1. The summed E-state index contributed by atoms with van der Waals surface area (Å²) >= 11 is 5.93. The lowest BCUT2D eigenvalue weighted by molar-refractivity contribution is 0.102. The van der Waals surface area contributed by atoms with Crippen LogP contribution < -0.4 is 10.1 Å². The van der Waals surface area contributed by atoms with E-state index < -0.39 is 11.9 Å². The molecule has 0 saturated heterocycles. The van der Waals surface area contributed by atoms with Crippen LogP contribution in [0.3, 0.4) is 0 Å². The molecule has 0 unspecified atom stereocenters. The van der Waals surface area contributed by atoms with Crippen molar-refractivity contribution in [2.75, 3.05) is 12.4 Å². The van der Waals surface area contributed by atoms with Gasteiger partial charge in [-0.15, -0.1) is 0 Å². The summed E-state index contributed by atoms with van der Waals surface area (Å²) in [6.07, 6.45) is 1.27. The van der Waals surface area contributed by atoms with Gasteiger partial charge in [0.2, 0.25) is 5.95 Å². The topological polar surface area (TPSA) is 51.2 Å². The molecule has 0 aliphatic heterocycles. The molecule has 0 aliphatic carbocycles. The number of carbonyl (C=O) groups is 1. The van der Waals surface area contributed by atoms with Gasteiger partial charge >= 0.3 is 0 Å². The molecular weight excluding hydrogens is 271 g/mol. The Kier molecular flexibility index (Phi) is 3.97. The van der Waals surface area contributed by atoms with E-state index in [1.165, 1.54) is 31.5 Å². The minimum absolute atomic E-state index is 0.130. The van der Waals surface area contributed by atoms with E-state index in [4.69, 9.17) is 16.3 Å². The van der Waals surface area contributed by atoms with Crippen molar-refractivity contribution >= 4 is 23.2 Å². The van der Waals surface area contributed by atoms with Crippen molar-refractivity contribution in [1.29, 1.82) is 0 Å². The first-order chi connectivity index (χ1) is 9.11. The zero-order valence-corrected chi connectivity index (χ0v) is 10.7. The summed E-state index contributed by atoms with van der Waals surface area (Å²) in [5, 5.41) is 2.89. The van der Waals surface area contributed by atoms with Crippen molar-refractivity contribution in [3.05, 3.63) is 53.1 Å². The number of hydrogen-bond donors (Lipinski definition) is 1. The van der Waals surface area contributed by atoms with Crippen molar-refractivity contribution in [3.63, 3.8) is 0 Å². The molecule has 19 heavy (non-hydrogen) atoms. The summed E-state index contributed by atoms with van der Waals surface area (Å²) in [6.45, 7) is 0. The Labute approximate surface area is 114 Å². The van der Waals surface area contributed by atoms with E-state index in [1.807, 2.05) is 0 Å². The Hall–Kier alpha value is -2.14. The van der Waals surface area contributed by atoms with Crippen LogP contribution in [0.5, 0.6) is 5.75 Å². The third kappa shape index (κ3) is 3.00. The largest absolute Gasteiger partial charge is 0.495 e. The number of nitrogens with one attached hydrogen (secondary N) is 1. The predicted molar refractivity (Wildman–Crippen MR) is 70.2 cm³/mol. The zero-order chi connectivity index (χ0) is 13.8. The zero-order valence-electron chi connectivity index (χ0n) is 9.98. The van der Waals surface area contributed by atoms with Gasteiger partial charge in [0.25, 0.3) is 5.91 Å². The van der Waals surface area contributed by atoms with E-state index >= 15 is 0 Å². The van der Waals surface area contributed by atoms with Crippen molar-refractivity contribution in [2.45, 2.75) is 0 Å². The van der Waals surface area contributed by atoms with Crippen molar-refractivity contribution in [3.8, 4) is 5.75 Å². The van der Waals surface area contributed by atoms with Crippen LogP contribution in [-0.4, -0.2) is 18.0 Å². The number of methoxy groups -OCH3 is 1. The van der Waals surface area contributed by atoms with Gasteiger partial charge in [0.15, 0.2) is 0 Å². The molecular formula is C13H10ClFN2O2. The predicted octanol–water partition coefficient (Wildman–Crippen LogP) is 3.14. The summed E-state index contributed by atoms with van der Waals surface area (Å²) in [6, 6.07) is 7.57. The Morgan fingerprint density at radius 1 is 1.42 bits per heavy atom. The first kappa shape index (κ1) is 13.3. The number of halogens is 2. The number of pyridine rings is 1. The van der Waals surface area contributed by atoms with Crippen LogP contribution in [0.1, 0.15) is 10.4 Å². The second-order valence-electron chi connectivity index (χ2n) is 3.65. The number of benzene rings is 1. The maximum Gasteiger partial charge on any atom is 0.260 e. The molecule has 1 N–H and O–H groups in total. The van der Waals surface area contributed by atoms with E-state index in [0.717, 1.165) is 0 Å². The van der Waals surface area contributed by atoms with Gasteiger partial charge < -0.3 is 10.1 Å². The second kappa shape index (κ2) is 5.67. The lowest BCUT2D eigenvalue weighted by Crippen LogP contribution is -2.14. The summed E-state index contributed by atoms with van der Waals surface area (Å²) in [5.74, 6) is -0.918. The smallest absolute Gasteiger partial charge is 0.260 e. The maximum atomic E-state index is 13.3. The van der Waals surface area contributed by atoms with E-state index in [9.17, 15) is 9.18 Å². The van der Waals surface area contributed by atoms with Crippen LogP contribution in [0.2, 0.25) is 5.02 Å². The minimum Gasteiger partial charge on any atom is -0.495 e. The normalized spacial score (nSPS) is 10.1. The maximum absolute atomic E-state index is 13.3. The molecule has 0 radical (unpaired) electrons. The number of nitrogens with zero attached hydrogens (tertiary/aromatic N) is 1. The van der Waals surface area contributed by atoms with Crippen molar-refractivity contribution in [2.24, 2.45) is 0 Å². The van der Waals surface area contributed by atoms with Crippen LogP contribution in [-0.2, 0) is 0 Å². The van der Waals surface area contributed by atoms with Gasteiger partial charge in [0.05, 0.1) is 17.7 Å². The van der Waals surface area contributed by atoms with Crippen LogP contribution in [0.4, 0.5) is 10.1 Å². The molecule has 1 aromatic heterocycles. The third-order valence-electron chi connectivity index (χ3n) is 2.41. The molecule has 0 fully saturated rings. The minimum atomic E-state index is -0.820. The van der Waals surface area contributed by atoms with Gasteiger partial charge in [-0.05, 0) is 30.3 Å². The molecule has 0 aliphatic rings. The first-order valence-electron chi connectivity index (χ1n) is 5.37. The van der Waals surface area contributed by atoms with Gasteiger partial charge in [0.1, 0.15) is 5.75 Å². The SMILES string of the molecule is COc1ccc(NC(=O)c2cccnc2F)cc1Cl. The molecule has 1 amide bonds. The van der Waals surface area contributed by atoms with Gasteiger partial charge in [-0.2, -0.15) is 4.39 Å². The number of hydrogen-bond acceptors (Lipinski definition) is 3. The Bertz CT molecular complexity index is 619. The average molecular weight is 281 g/mol. The lowest BCUT2D eigenvalue weighted by atomic mass is 10.2. The molecule has 98 valence electrons. The summed E-state index contributed by atoms with van der Waals surface area (Å²) in [5.41, 5.74) is 0.313. The number of amides is 1. The Balaban J connectivity index is 2.20. The van der Waals surface area contributed by atoms with Gasteiger partial charge in [0, 0.05) is 11.9 Å². The van der Waals surface area contributed by atoms with Crippen LogP contribution in [0, 0.1) is 5.95 Å². The molecule has 0 saturated carbocycles. The van der Waals surface area contributed by atoms with Gasteiger partial charge in [-0.1, -0.05) is 11.6 Å². The fraction of sp³-hybridized carbons (Fsp3) is 0.0769. The van der Waals surface area contributed by atoms with Crippen LogP contribution in [0.25, 0.3) is 0 Å². The fourth-order valence-corrected chi connectivity index (χ4v) is 1.76. The van der Waals surface area contributed by atoms with Crippen molar-refractivity contribution < 1.29 is 13.9 Å². The molecule has 2 aromatic rings. The van der Waals surface area contributed by atoms with E-state index in [0.29, 0.717) is 16.5 Å². The highest BCUT2D eigenvalue weighted by atomic mass is 35.5. The fourth-order valence-electron chi connectivity index (χ4n) is 1.50. The molecule has 0 atom stereocenters. The van der Waals surface area contributed by atoms with Gasteiger partial charge in [-0.3, -0.25) is 4.79 Å². The number of anilines is 1. The van der Waals surface area contributed by atoms with E-state index in [2.05, 4.69) is 10.3 Å². The van der Waals surface area contributed by atoms with Crippen LogP contribution >= 0.6 is 11.6 Å². The molecule has 0 bridgehead atoms. The van der Waals surface area contributed by atoms with E-state index in [1.54, 1.807) is 12.1 Å². The lowest BCUT2D eigenvalue weighted by Gasteiger charge is -2.08. The first-order valence-corrected chi connectivity index (χ1v) is 5.75. The highest BCUT2D eigenvalue weighted by molar-refractivity contribution is 6.32. The Morgan fingerprint density at radius 3 is 2.84 bits per heavy atom. The highest BCUT2D eigenvalue weighted by Gasteiger charge is 2.12. The van der Waals surface area contributed by atoms with Crippen LogP contribution in [0.15, 0.2) is 36.5 Å². The van der Waals surface area contributed by atoms with Crippen molar-refractivity contribution in [1.82, 2.24) is 4.98 Å².